The fourth-order valence-electron chi connectivity index (χ4n) is 4.32. The Balaban J connectivity index is 1.47. The number of benzene rings is 1. The van der Waals surface area contributed by atoms with E-state index in [1.165, 1.54) is 15.3 Å². The molecule has 0 spiro atoms. The maximum atomic E-state index is 13.2. The Morgan fingerprint density at radius 2 is 2.06 bits per heavy atom. The summed E-state index contributed by atoms with van der Waals surface area (Å²) in [7, 11) is -4.26. The predicted octanol–water partition coefficient (Wildman–Crippen LogP) is 1.12. The Morgan fingerprint density at radius 1 is 1.28 bits per heavy atom. The van der Waals surface area contributed by atoms with Gasteiger partial charge in [0.05, 0.1) is 24.3 Å². The van der Waals surface area contributed by atoms with Crippen molar-refractivity contribution in [2.45, 2.75) is 31.5 Å². The number of H-pyrrole nitrogens is 1. The fraction of sp³-hybridized carbons (Fsp3) is 0.316. The summed E-state index contributed by atoms with van der Waals surface area (Å²) in [5.41, 5.74) is 2.27. The first-order valence-corrected chi connectivity index (χ1v) is 11.4. The first kappa shape index (κ1) is 19.8. The lowest BCUT2D eigenvalue weighted by Crippen LogP contribution is -2.39. The lowest BCUT2D eigenvalue weighted by atomic mass is 10.1. The number of aliphatic hydroxyl groups excluding tert-OH is 1. The monoisotopic (exact) mass is 459 g/mol. The molecule has 166 valence electrons. The highest BCUT2D eigenvalue weighted by molar-refractivity contribution is 7.47. The van der Waals surface area contributed by atoms with Crippen molar-refractivity contribution in [3.05, 3.63) is 52.7 Å². The SMILES string of the molecule is Cc1c(-c2ccccc2)[nH]c2nc3c(ncn3[C@@H]3O[C@@H]4COP(=O)(O)O[C@H]4[C@H]3O)c(=O)n12. The molecule has 1 unspecified atom stereocenters. The number of rotatable bonds is 2. The van der Waals surface area contributed by atoms with E-state index in [0.717, 1.165) is 11.3 Å². The summed E-state index contributed by atoms with van der Waals surface area (Å²) >= 11 is 0. The molecule has 2 saturated heterocycles. The molecule has 6 rings (SSSR count). The van der Waals surface area contributed by atoms with Crippen molar-refractivity contribution in [3.63, 3.8) is 0 Å². The highest BCUT2D eigenvalue weighted by Crippen LogP contribution is 2.52. The topological polar surface area (TPSA) is 153 Å². The van der Waals surface area contributed by atoms with Gasteiger partial charge < -0.3 is 19.7 Å². The quantitative estimate of drug-likeness (QED) is 0.374. The molecule has 0 amide bonds. The zero-order chi connectivity index (χ0) is 22.2. The van der Waals surface area contributed by atoms with Crippen molar-refractivity contribution in [2.24, 2.45) is 0 Å². The molecule has 0 bridgehead atoms. The number of aromatic nitrogens is 5. The molecule has 0 aliphatic carbocycles. The van der Waals surface area contributed by atoms with Gasteiger partial charge in [-0.25, -0.2) is 13.9 Å². The summed E-state index contributed by atoms with van der Waals surface area (Å²) in [5.74, 6) is 0.310. The largest absolute Gasteiger partial charge is 0.472 e. The number of nitrogens with zero attached hydrogens (tertiary/aromatic N) is 4. The number of phosphoric acid groups is 1. The molecule has 3 N–H and O–H groups in total. The molecule has 3 aromatic heterocycles. The van der Waals surface area contributed by atoms with Gasteiger partial charge in [0.1, 0.15) is 18.3 Å². The fourth-order valence-corrected chi connectivity index (χ4v) is 5.28. The van der Waals surface area contributed by atoms with Gasteiger partial charge in [0.15, 0.2) is 17.4 Å². The Morgan fingerprint density at radius 3 is 2.84 bits per heavy atom. The number of aryl methyl sites for hydroxylation is 1. The van der Waals surface area contributed by atoms with Gasteiger partial charge in [-0.1, -0.05) is 30.3 Å². The van der Waals surface area contributed by atoms with Crippen LogP contribution in [0.4, 0.5) is 0 Å². The highest BCUT2D eigenvalue weighted by Gasteiger charge is 2.52. The van der Waals surface area contributed by atoms with Crippen LogP contribution in [0, 0.1) is 6.92 Å². The number of ether oxygens (including phenoxy) is 1. The van der Waals surface area contributed by atoms with E-state index in [2.05, 4.69) is 15.0 Å². The standard InChI is InChI=1S/C19H18N5O7P/c1-9-12(10-5-3-2-4-6-10)21-19-22-16-13(17(26)24(9)19)20-8-23(16)18-14(25)15-11(30-18)7-29-32(27,28)31-15/h2-6,8,11,14-15,18,25H,7H2,1H3,(H,21,22)(H,27,28)/t11-,14-,15-,18-/m1/s1. The molecule has 2 fully saturated rings. The normalized spacial score (nSPS) is 30.2. The predicted molar refractivity (Wildman–Crippen MR) is 110 cm³/mol. The van der Waals surface area contributed by atoms with Crippen LogP contribution in [0.25, 0.3) is 28.2 Å². The van der Waals surface area contributed by atoms with Gasteiger partial charge in [0.25, 0.3) is 5.56 Å². The van der Waals surface area contributed by atoms with Gasteiger partial charge in [-0.15, -0.1) is 0 Å². The van der Waals surface area contributed by atoms with Crippen molar-refractivity contribution >= 4 is 24.8 Å². The number of aliphatic hydroxyl groups is 1. The van der Waals surface area contributed by atoms with E-state index in [1.54, 1.807) is 0 Å². The number of aromatic amines is 1. The maximum absolute atomic E-state index is 13.2. The first-order chi connectivity index (χ1) is 15.3. The molecular weight excluding hydrogens is 441 g/mol. The minimum Gasteiger partial charge on any atom is -0.386 e. The number of hydrogen-bond acceptors (Lipinski definition) is 8. The van der Waals surface area contributed by atoms with Crippen molar-refractivity contribution in [1.82, 2.24) is 23.9 Å². The van der Waals surface area contributed by atoms with Crippen LogP contribution in [0.2, 0.25) is 0 Å². The third-order valence-corrected chi connectivity index (χ3v) is 6.82. The molecular formula is C19H18N5O7P. The van der Waals surface area contributed by atoms with E-state index in [-0.39, 0.29) is 23.3 Å². The molecule has 0 saturated carbocycles. The zero-order valence-electron chi connectivity index (χ0n) is 16.7. The third kappa shape index (κ3) is 2.82. The lowest BCUT2D eigenvalue weighted by molar-refractivity contribution is -0.0664. The van der Waals surface area contributed by atoms with Gasteiger partial charge in [0.2, 0.25) is 5.78 Å². The second-order valence-electron chi connectivity index (χ2n) is 7.74. The summed E-state index contributed by atoms with van der Waals surface area (Å²) in [4.78, 5) is 34.7. The molecule has 1 aromatic carbocycles. The molecule has 13 heteroatoms. The number of phosphoric ester groups is 1. The van der Waals surface area contributed by atoms with Crippen molar-refractivity contribution in [3.8, 4) is 11.3 Å². The number of hydrogen-bond donors (Lipinski definition) is 3. The average Bonchev–Trinajstić information content (AvgIpc) is 3.43. The van der Waals surface area contributed by atoms with Crippen LogP contribution in [0.5, 0.6) is 0 Å². The Kier molecular flexibility index (Phi) is 4.22. The number of fused-ring (bicyclic) bond motifs is 3. The lowest BCUT2D eigenvalue weighted by Gasteiger charge is -2.27. The van der Waals surface area contributed by atoms with Gasteiger partial charge in [-0.2, -0.15) is 4.98 Å². The van der Waals surface area contributed by atoms with E-state index in [0.29, 0.717) is 11.5 Å². The van der Waals surface area contributed by atoms with Gasteiger partial charge >= 0.3 is 7.82 Å². The summed E-state index contributed by atoms with van der Waals surface area (Å²) in [6.07, 6.45) is -2.81. The van der Waals surface area contributed by atoms with E-state index in [1.807, 2.05) is 37.3 Å². The van der Waals surface area contributed by atoms with Crippen LogP contribution in [0.15, 0.2) is 41.5 Å². The zero-order valence-corrected chi connectivity index (χ0v) is 17.5. The van der Waals surface area contributed by atoms with Crippen molar-refractivity contribution < 1.29 is 28.3 Å². The minimum atomic E-state index is -4.26. The molecule has 32 heavy (non-hydrogen) atoms. The summed E-state index contributed by atoms with van der Waals surface area (Å²) in [6, 6.07) is 9.55. The van der Waals surface area contributed by atoms with Gasteiger partial charge in [0, 0.05) is 0 Å². The van der Waals surface area contributed by atoms with Crippen LogP contribution in [-0.4, -0.2) is 58.8 Å². The van der Waals surface area contributed by atoms with Gasteiger partial charge in [-0.3, -0.25) is 18.4 Å². The van der Waals surface area contributed by atoms with E-state index < -0.39 is 32.4 Å². The molecule has 5 atom stereocenters. The second kappa shape index (κ2) is 6.82. The molecule has 2 aliphatic rings. The van der Waals surface area contributed by atoms with Crippen LogP contribution >= 0.6 is 7.82 Å². The van der Waals surface area contributed by atoms with Crippen LogP contribution < -0.4 is 5.56 Å². The smallest absolute Gasteiger partial charge is 0.386 e. The molecule has 12 nitrogen and oxygen atoms in total. The average molecular weight is 459 g/mol. The van der Waals surface area contributed by atoms with Crippen LogP contribution in [0.1, 0.15) is 11.9 Å². The van der Waals surface area contributed by atoms with E-state index in [4.69, 9.17) is 13.8 Å². The third-order valence-electron chi connectivity index (χ3n) is 5.83. The maximum Gasteiger partial charge on any atom is 0.472 e. The van der Waals surface area contributed by atoms with E-state index >= 15 is 0 Å². The number of imidazole rings is 2. The van der Waals surface area contributed by atoms with Crippen molar-refractivity contribution in [1.29, 1.82) is 0 Å². The second-order valence-corrected chi connectivity index (χ2v) is 9.15. The summed E-state index contributed by atoms with van der Waals surface area (Å²) < 4.78 is 30.2. The first-order valence-electron chi connectivity index (χ1n) is 9.86. The highest BCUT2D eigenvalue weighted by atomic mass is 31.2. The summed E-state index contributed by atoms with van der Waals surface area (Å²) in [5, 5.41) is 10.7. The number of nitrogens with one attached hydrogen (secondary N) is 1. The van der Waals surface area contributed by atoms with Crippen molar-refractivity contribution in [2.75, 3.05) is 6.61 Å². The van der Waals surface area contributed by atoms with Crippen LogP contribution in [-0.2, 0) is 18.3 Å². The molecule has 4 aromatic rings. The molecule has 0 radical (unpaired) electrons. The minimum absolute atomic E-state index is 0.0971. The Labute approximate surface area is 179 Å². The van der Waals surface area contributed by atoms with E-state index in [9.17, 15) is 19.4 Å². The Hall–Kier alpha value is -2.86. The summed E-state index contributed by atoms with van der Waals surface area (Å²) in [6.45, 7) is 1.60. The van der Waals surface area contributed by atoms with Gasteiger partial charge in [-0.05, 0) is 12.5 Å². The molecule has 5 heterocycles. The Bertz CT molecular complexity index is 1460. The molecule has 2 aliphatic heterocycles. The van der Waals surface area contributed by atoms with Crippen LogP contribution in [0.3, 0.4) is 0 Å².